The zero-order chi connectivity index (χ0) is 17.6. The molecule has 3 aromatic rings. The van der Waals surface area contributed by atoms with Gasteiger partial charge in [-0.05, 0) is 52.4 Å². The molecule has 0 radical (unpaired) electrons. The minimum atomic E-state index is -0.190. The molecule has 0 bridgehead atoms. The van der Waals surface area contributed by atoms with Crippen LogP contribution in [0.4, 0.5) is 5.13 Å². The highest BCUT2D eigenvalue weighted by Crippen LogP contribution is 2.28. The van der Waals surface area contributed by atoms with E-state index in [-0.39, 0.29) is 5.91 Å². The van der Waals surface area contributed by atoms with Crippen molar-refractivity contribution in [3.05, 3.63) is 68.8 Å². The molecule has 1 heterocycles. The van der Waals surface area contributed by atoms with Crippen molar-refractivity contribution < 1.29 is 4.79 Å². The standard InChI is InChI=1S/C17H11IN4OS2/c18-14-4-2-1-3-13(14)15(23)20-16-21-22-17(25-16)24-10-12-7-5-11(9-19)6-8-12/h1-8H,10H2,(H,20,21,23). The number of nitriles is 1. The van der Waals surface area contributed by atoms with E-state index in [1.54, 1.807) is 30.0 Å². The van der Waals surface area contributed by atoms with E-state index >= 15 is 0 Å². The molecule has 0 atom stereocenters. The SMILES string of the molecule is N#Cc1ccc(CSc2nnc(NC(=O)c3ccccc3I)s2)cc1. The largest absolute Gasteiger partial charge is 0.296 e. The Labute approximate surface area is 166 Å². The van der Waals surface area contributed by atoms with E-state index in [2.05, 4.69) is 44.2 Å². The van der Waals surface area contributed by atoms with Crippen molar-refractivity contribution in [3.8, 4) is 6.07 Å². The van der Waals surface area contributed by atoms with E-state index in [0.717, 1.165) is 19.2 Å². The number of benzene rings is 2. The fourth-order valence-electron chi connectivity index (χ4n) is 1.95. The lowest BCUT2D eigenvalue weighted by Crippen LogP contribution is -2.13. The predicted molar refractivity (Wildman–Crippen MR) is 108 cm³/mol. The van der Waals surface area contributed by atoms with Crippen LogP contribution in [0.15, 0.2) is 52.9 Å². The average molecular weight is 478 g/mol. The number of anilines is 1. The average Bonchev–Trinajstić information content (AvgIpc) is 3.08. The molecule has 25 heavy (non-hydrogen) atoms. The summed E-state index contributed by atoms with van der Waals surface area (Å²) in [4.78, 5) is 12.3. The van der Waals surface area contributed by atoms with Gasteiger partial charge in [-0.1, -0.05) is 47.4 Å². The van der Waals surface area contributed by atoms with E-state index in [1.165, 1.54) is 11.3 Å². The summed E-state index contributed by atoms with van der Waals surface area (Å²) in [6, 6.07) is 16.9. The molecule has 1 N–H and O–H groups in total. The third-order valence-corrected chi connectivity index (χ3v) is 6.17. The molecule has 0 fully saturated rings. The highest BCUT2D eigenvalue weighted by atomic mass is 127. The Bertz CT molecular complexity index is 934. The van der Waals surface area contributed by atoms with Crippen LogP contribution in [0.5, 0.6) is 0 Å². The van der Waals surface area contributed by atoms with Crippen LogP contribution >= 0.6 is 45.7 Å². The predicted octanol–water partition coefficient (Wildman–Crippen LogP) is 4.56. The number of aromatic nitrogens is 2. The molecule has 0 aliphatic rings. The highest BCUT2D eigenvalue weighted by Gasteiger charge is 2.12. The summed E-state index contributed by atoms with van der Waals surface area (Å²) in [5.41, 5.74) is 2.36. The molecule has 5 nitrogen and oxygen atoms in total. The monoisotopic (exact) mass is 478 g/mol. The maximum absolute atomic E-state index is 12.3. The molecule has 124 valence electrons. The van der Waals surface area contributed by atoms with Gasteiger partial charge in [0.15, 0.2) is 4.34 Å². The summed E-state index contributed by atoms with van der Waals surface area (Å²) in [6.45, 7) is 0. The van der Waals surface area contributed by atoms with E-state index < -0.39 is 0 Å². The van der Waals surface area contributed by atoms with Gasteiger partial charge >= 0.3 is 0 Å². The number of hydrogen-bond acceptors (Lipinski definition) is 6. The van der Waals surface area contributed by atoms with Crippen molar-refractivity contribution in [1.82, 2.24) is 10.2 Å². The van der Waals surface area contributed by atoms with Crippen molar-refractivity contribution in [2.45, 2.75) is 10.1 Å². The first-order valence-corrected chi connectivity index (χ1v) is 10.0. The van der Waals surface area contributed by atoms with Crippen LogP contribution in [-0.4, -0.2) is 16.1 Å². The van der Waals surface area contributed by atoms with Crippen molar-refractivity contribution in [2.75, 3.05) is 5.32 Å². The topological polar surface area (TPSA) is 78.7 Å². The summed E-state index contributed by atoms with van der Waals surface area (Å²) in [6.07, 6.45) is 0. The third-order valence-electron chi connectivity index (χ3n) is 3.19. The number of amides is 1. The molecule has 0 saturated heterocycles. The molecule has 1 aromatic heterocycles. The lowest BCUT2D eigenvalue weighted by molar-refractivity contribution is 0.102. The summed E-state index contributed by atoms with van der Waals surface area (Å²) in [7, 11) is 0. The molecule has 2 aromatic carbocycles. The van der Waals surface area contributed by atoms with Crippen molar-refractivity contribution in [2.24, 2.45) is 0 Å². The minimum absolute atomic E-state index is 0.190. The van der Waals surface area contributed by atoms with Gasteiger partial charge in [0.25, 0.3) is 5.91 Å². The van der Waals surface area contributed by atoms with Crippen LogP contribution < -0.4 is 5.32 Å². The summed E-state index contributed by atoms with van der Waals surface area (Å²) in [5, 5.41) is 20.2. The maximum Gasteiger partial charge on any atom is 0.258 e. The second-order valence-corrected chi connectivity index (χ2v) is 8.27. The quantitative estimate of drug-likeness (QED) is 0.331. The Morgan fingerprint density at radius 1 is 1.20 bits per heavy atom. The van der Waals surface area contributed by atoms with Gasteiger partial charge in [0.1, 0.15) is 0 Å². The Hall–Kier alpha value is -1.96. The Kier molecular flexibility index (Phi) is 6.01. The summed E-state index contributed by atoms with van der Waals surface area (Å²) >= 11 is 5.02. The molecule has 8 heteroatoms. The number of halogens is 1. The fraction of sp³-hybridized carbons (Fsp3) is 0.0588. The first-order chi connectivity index (χ1) is 12.2. The lowest BCUT2D eigenvalue weighted by Gasteiger charge is -2.02. The smallest absolute Gasteiger partial charge is 0.258 e. The number of nitrogens with zero attached hydrogens (tertiary/aromatic N) is 3. The van der Waals surface area contributed by atoms with Crippen LogP contribution in [0.2, 0.25) is 0 Å². The second kappa shape index (κ2) is 8.42. The number of rotatable bonds is 5. The zero-order valence-electron chi connectivity index (χ0n) is 12.8. The number of carbonyl (C=O) groups is 1. The lowest BCUT2D eigenvalue weighted by atomic mass is 10.2. The summed E-state index contributed by atoms with van der Waals surface area (Å²) < 4.78 is 1.67. The van der Waals surface area contributed by atoms with Crippen LogP contribution in [-0.2, 0) is 5.75 Å². The van der Waals surface area contributed by atoms with Gasteiger partial charge in [-0.2, -0.15) is 5.26 Å². The molecular weight excluding hydrogens is 467 g/mol. The van der Waals surface area contributed by atoms with Crippen molar-refractivity contribution in [1.29, 1.82) is 5.26 Å². The van der Waals surface area contributed by atoms with E-state index in [1.807, 2.05) is 30.3 Å². The van der Waals surface area contributed by atoms with E-state index in [4.69, 9.17) is 5.26 Å². The molecule has 0 unspecified atom stereocenters. The molecule has 0 aliphatic carbocycles. The summed E-state index contributed by atoms with van der Waals surface area (Å²) in [5.74, 6) is 0.537. The molecule has 1 amide bonds. The Morgan fingerprint density at radius 3 is 2.68 bits per heavy atom. The van der Waals surface area contributed by atoms with Crippen LogP contribution in [0.25, 0.3) is 0 Å². The molecular formula is C17H11IN4OS2. The first-order valence-electron chi connectivity index (χ1n) is 7.17. The normalized spacial score (nSPS) is 10.2. The number of thioether (sulfide) groups is 1. The van der Waals surface area contributed by atoms with Crippen molar-refractivity contribution in [3.63, 3.8) is 0 Å². The minimum Gasteiger partial charge on any atom is -0.296 e. The number of nitrogens with one attached hydrogen (secondary N) is 1. The second-order valence-electron chi connectivity index (χ2n) is 4.90. The van der Waals surface area contributed by atoms with Crippen LogP contribution in [0.1, 0.15) is 21.5 Å². The van der Waals surface area contributed by atoms with Gasteiger partial charge in [0.2, 0.25) is 5.13 Å². The maximum atomic E-state index is 12.3. The fourth-order valence-corrected chi connectivity index (χ4v) is 4.28. The van der Waals surface area contributed by atoms with Gasteiger partial charge in [0, 0.05) is 9.32 Å². The zero-order valence-corrected chi connectivity index (χ0v) is 16.6. The van der Waals surface area contributed by atoms with Crippen LogP contribution in [0.3, 0.4) is 0 Å². The number of hydrogen-bond donors (Lipinski definition) is 1. The Balaban J connectivity index is 1.59. The van der Waals surface area contributed by atoms with E-state index in [0.29, 0.717) is 16.3 Å². The van der Waals surface area contributed by atoms with Gasteiger partial charge in [-0.3, -0.25) is 10.1 Å². The molecule has 0 aliphatic heterocycles. The van der Waals surface area contributed by atoms with Crippen molar-refractivity contribution >= 4 is 56.7 Å². The molecule has 3 rings (SSSR count). The molecule has 0 saturated carbocycles. The van der Waals surface area contributed by atoms with Crippen LogP contribution in [0, 0.1) is 14.9 Å². The Morgan fingerprint density at radius 2 is 1.96 bits per heavy atom. The number of carbonyl (C=O) groups excluding carboxylic acids is 1. The van der Waals surface area contributed by atoms with Gasteiger partial charge < -0.3 is 0 Å². The first kappa shape index (κ1) is 17.8. The highest BCUT2D eigenvalue weighted by molar-refractivity contribution is 14.1. The van der Waals surface area contributed by atoms with Gasteiger partial charge in [-0.15, -0.1) is 10.2 Å². The van der Waals surface area contributed by atoms with E-state index in [9.17, 15) is 4.79 Å². The van der Waals surface area contributed by atoms with Gasteiger partial charge in [0.05, 0.1) is 17.2 Å². The van der Waals surface area contributed by atoms with Gasteiger partial charge in [-0.25, -0.2) is 0 Å². The molecule has 0 spiro atoms. The third kappa shape index (κ3) is 4.78.